The predicted molar refractivity (Wildman–Crippen MR) is 149 cm³/mol. The molecular weight excluding hydrogens is 516 g/mol. The monoisotopic (exact) mass is 546 g/mol. The molecule has 0 spiro atoms. The molecule has 0 aromatic heterocycles. The number of hydrogen-bond acceptors (Lipinski definition) is 6. The fourth-order valence-electron chi connectivity index (χ4n) is 5.07. The number of hydrogen-bond donors (Lipinski definition) is 3. The van der Waals surface area contributed by atoms with Gasteiger partial charge in [-0.3, -0.25) is 9.59 Å². The molecule has 0 radical (unpaired) electrons. The van der Waals surface area contributed by atoms with E-state index < -0.39 is 6.10 Å². The fraction of sp³-hybridized carbons (Fsp3) is 0.300. The SMILES string of the molecule is CCOc1cc2c(cc1C(=O)NCC(O)[C@@H]1Cc3ccccc3CN1)CN(Cc1ccc(C#N)cc1)C2=O.Cl. The second-order valence-corrected chi connectivity index (χ2v) is 9.65. The van der Waals surface area contributed by atoms with E-state index in [1.807, 2.05) is 31.2 Å². The van der Waals surface area contributed by atoms with Gasteiger partial charge in [0, 0.05) is 37.8 Å². The van der Waals surface area contributed by atoms with Crippen molar-refractivity contribution in [2.45, 2.75) is 45.1 Å². The number of aliphatic hydroxyl groups excluding tert-OH is 1. The highest BCUT2D eigenvalue weighted by Crippen LogP contribution is 2.31. The number of nitriles is 1. The summed E-state index contributed by atoms with van der Waals surface area (Å²) in [7, 11) is 0. The number of amides is 2. The lowest BCUT2D eigenvalue weighted by molar-refractivity contribution is 0.0766. The molecule has 8 nitrogen and oxygen atoms in total. The Kier molecular flexibility index (Phi) is 8.87. The minimum absolute atomic E-state index is 0. The van der Waals surface area contributed by atoms with Crippen LogP contribution in [-0.2, 0) is 26.1 Å². The average Bonchev–Trinajstić information content (AvgIpc) is 3.25. The molecule has 0 fully saturated rings. The zero-order valence-corrected chi connectivity index (χ0v) is 22.5. The molecule has 3 aromatic carbocycles. The third-order valence-electron chi connectivity index (χ3n) is 7.13. The number of carbonyl (C=O) groups is 2. The topological polar surface area (TPSA) is 115 Å². The van der Waals surface area contributed by atoms with E-state index in [0.29, 0.717) is 55.1 Å². The lowest BCUT2D eigenvalue weighted by atomic mass is 9.93. The first-order chi connectivity index (χ1) is 18.5. The number of aliphatic hydroxyl groups is 1. The van der Waals surface area contributed by atoms with Gasteiger partial charge >= 0.3 is 0 Å². The van der Waals surface area contributed by atoms with E-state index in [9.17, 15) is 14.7 Å². The van der Waals surface area contributed by atoms with Crippen LogP contribution in [0.5, 0.6) is 5.75 Å². The number of ether oxygens (including phenoxy) is 1. The molecule has 2 aliphatic heterocycles. The van der Waals surface area contributed by atoms with Crippen LogP contribution in [0.4, 0.5) is 0 Å². The Bertz CT molecular complexity index is 1400. The van der Waals surface area contributed by atoms with Crippen molar-refractivity contribution in [2.24, 2.45) is 0 Å². The molecule has 3 aromatic rings. The van der Waals surface area contributed by atoms with Gasteiger partial charge in [-0.15, -0.1) is 12.4 Å². The van der Waals surface area contributed by atoms with Crippen molar-refractivity contribution in [1.29, 1.82) is 5.26 Å². The molecule has 39 heavy (non-hydrogen) atoms. The molecule has 2 aliphatic rings. The lowest BCUT2D eigenvalue weighted by Gasteiger charge is -2.30. The van der Waals surface area contributed by atoms with Crippen molar-refractivity contribution in [3.05, 3.63) is 99.6 Å². The standard InChI is InChI=1S/C30H30N4O4.ClH/c1-2-38-28-13-24-23(18-34(30(24)37)17-20-9-7-19(14-31)8-10-20)11-25(28)29(36)33-16-27(35)26-12-21-5-3-4-6-22(21)15-32-26;/h3-11,13,26-27,32,35H,2,12,15-18H2,1H3,(H,33,36);1H/t26-,27?;/m0./s1. The number of nitrogens with zero attached hydrogens (tertiary/aromatic N) is 2. The second kappa shape index (κ2) is 12.3. The van der Waals surface area contributed by atoms with E-state index in [1.165, 1.54) is 11.1 Å². The largest absolute Gasteiger partial charge is 0.493 e. The molecule has 0 saturated heterocycles. The van der Waals surface area contributed by atoms with E-state index in [1.54, 1.807) is 29.2 Å². The second-order valence-electron chi connectivity index (χ2n) is 9.65. The molecular formula is C30H31ClN4O4. The van der Waals surface area contributed by atoms with Crippen LogP contribution < -0.4 is 15.4 Å². The molecule has 2 atom stereocenters. The Morgan fingerprint density at radius 3 is 2.64 bits per heavy atom. The molecule has 202 valence electrons. The smallest absolute Gasteiger partial charge is 0.255 e. The summed E-state index contributed by atoms with van der Waals surface area (Å²) < 4.78 is 5.74. The molecule has 1 unspecified atom stereocenters. The molecule has 2 amide bonds. The van der Waals surface area contributed by atoms with Crippen molar-refractivity contribution in [3.63, 3.8) is 0 Å². The summed E-state index contributed by atoms with van der Waals surface area (Å²) in [4.78, 5) is 28.0. The minimum atomic E-state index is -0.762. The third kappa shape index (κ3) is 6.07. The van der Waals surface area contributed by atoms with E-state index in [2.05, 4.69) is 28.8 Å². The van der Waals surface area contributed by atoms with Crippen LogP contribution in [0.1, 0.15) is 55.5 Å². The quantitative estimate of drug-likeness (QED) is 0.399. The first-order valence-electron chi connectivity index (χ1n) is 12.8. The zero-order chi connectivity index (χ0) is 26.6. The van der Waals surface area contributed by atoms with Crippen LogP contribution in [0.15, 0.2) is 60.7 Å². The van der Waals surface area contributed by atoms with E-state index >= 15 is 0 Å². The Balaban J connectivity index is 0.00000353. The van der Waals surface area contributed by atoms with Crippen LogP contribution in [-0.4, -0.2) is 47.1 Å². The highest BCUT2D eigenvalue weighted by Gasteiger charge is 2.31. The van der Waals surface area contributed by atoms with Gasteiger partial charge in [0.05, 0.1) is 29.9 Å². The van der Waals surface area contributed by atoms with Crippen molar-refractivity contribution in [3.8, 4) is 11.8 Å². The van der Waals surface area contributed by atoms with Gasteiger partial charge in [-0.25, -0.2) is 0 Å². The molecule has 0 bridgehead atoms. The molecule has 3 N–H and O–H groups in total. The summed E-state index contributed by atoms with van der Waals surface area (Å²) in [6.07, 6.45) is -0.0743. The van der Waals surface area contributed by atoms with Crippen molar-refractivity contribution in [1.82, 2.24) is 15.5 Å². The number of nitrogens with one attached hydrogen (secondary N) is 2. The summed E-state index contributed by atoms with van der Waals surface area (Å²) in [5.41, 5.74) is 5.52. The Morgan fingerprint density at radius 1 is 1.18 bits per heavy atom. The average molecular weight is 547 g/mol. The lowest BCUT2D eigenvalue weighted by Crippen LogP contribution is -2.49. The normalized spacial score (nSPS) is 16.4. The highest BCUT2D eigenvalue weighted by atomic mass is 35.5. The number of carbonyl (C=O) groups excluding carboxylic acids is 2. The number of halogens is 1. The maximum atomic E-state index is 13.2. The van der Waals surface area contributed by atoms with Crippen LogP contribution in [0.2, 0.25) is 0 Å². The Labute approximate surface area is 234 Å². The van der Waals surface area contributed by atoms with Gasteiger partial charge in [-0.05, 0) is 59.9 Å². The summed E-state index contributed by atoms with van der Waals surface area (Å²) in [5.74, 6) is -0.141. The summed E-state index contributed by atoms with van der Waals surface area (Å²) in [5, 5.41) is 26.0. The van der Waals surface area contributed by atoms with Gasteiger partial charge < -0.3 is 25.4 Å². The van der Waals surface area contributed by atoms with Gasteiger partial charge in [0.15, 0.2) is 0 Å². The third-order valence-corrected chi connectivity index (χ3v) is 7.13. The van der Waals surface area contributed by atoms with E-state index in [-0.39, 0.29) is 36.8 Å². The van der Waals surface area contributed by atoms with Crippen LogP contribution in [0, 0.1) is 11.3 Å². The maximum Gasteiger partial charge on any atom is 0.255 e. The summed E-state index contributed by atoms with van der Waals surface area (Å²) >= 11 is 0. The van der Waals surface area contributed by atoms with Crippen LogP contribution >= 0.6 is 12.4 Å². The number of fused-ring (bicyclic) bond motifs is 2. The first kappa shape index (κ1) is 28.1. The maximum absolute atomic E-state index is 13.2. The van der Waals surface area contributed by atoms with Crippen molar-refractivity contribution < 1.29 is 19.4 Å². The van der Waals surface area contributed by atoms with Gasteiger partial charge in [0.25, 0.3) is 11.8 Å². The van der Waals surface area contributed by atoms with E-state index in [0.717, 1.165) is 11.1 Å². The number of benzene rings is 3. The van der Waals surface area contributed by atoms with Crippen molar-refractivity contribution in [2.75, 3.05) is 13.2 Å². The van der Waals surface area contributed by atoms with Gasteiger partial charge in [0.1, 0.15) is 5.75 Å². The molecule has 0 aliphatic carbocycles. The molecule has 0 saturated carbocycles. The Hall–Kier alpha value is -3.90. The van der Waals surface area contributed by atoms with E-state index in [4.69, 9.17) is 10.00 Å². The fourth-order valence-corrected chi connectivity index (χ4v) is 5.07. The molecule has 9 heteroatoms. The minimum Gasteiger partial charge on any atom is -0.493 e. The van der Waals surface area contributed by atoms with Gasteiger partial charge in [-0.2, -0.15) is 5.26 Å². The predicted octanol–water partition coefficient (Wildman–Crippen LogP) is 3.34. The summed E-state index contributed by atoms with van der Waals surface area (Å²) in [6, 6.07) is 20.6. The summed E-state index contributed by atoms with van der Waals surface area (Å²) in [6.45, 7) is 3.70. The molecule has 2 heterocycles. The van der Waals surface area contributed by atoms with Gasteiger partial charge in [0.2, 0.25) is 0 Å². The molecule has 5 rings (SSSR count). The highest BCUT2D eigenvalue weighted by molar-refractivity contribution is 6.03. The van der Waals surface area contributed by atoms with Gasteiger partial charge in [-0.1, -0.05) is 36.4 Å². The Morgan fingerprint density at radius 2 is 1.92 bits per heavy atom. The van der Waals surface area contributed by atoms with Crippen LogP contribution in [0.25, 0.3) is 0 Å². The van der Waals surface area contributed by atoms with Crippen LogP contribution in [0.3, 0.4) is 0 Å². The van der Waals surface area contributed by atoms with Crippen molar-refractivity contribution >= 4 is 24.2 Å². The first-order valence-corrected chi connectivity index (χ1v) is 12.8. The number of rotatable bonds is 8. The zero-order valence-electron chi connectivity index (χ0n) is 21.6.